The molecule has 0 aliphatic carbocycles. The first-order chi connectivity index (χ1) is 12.9. The van der Waals surface area contributed by atoms with Crippen LogP contribution >= 0.6 is 0 Å². The second-order valence-electron chi connectivity index (χ2n) is 6.25. The molecule has 1 fully saturated rings. The summed E-state index contributed by atoms with van der Waals surface area (Å²) in [6.45, 7) is 0.331. The summed E-state index contributed by atoms with van der Waals surface area (Å²) in [4.78, 5) is 25.7. The van der Waals surface area contributed by atoms with Gasteiger partial charge in [0.1, 0.15) is 0 Å². The number of nitrogens with one attached hydrogen (secondary N) is 1. The Balaban J connectivity index is 1.62. The van der Waals surface area contributed by atoms with Crippen LogP contribution in [0.5, 0.6) is 0 Å². The van der Waals surface area contributed by atoms with Crippen LogP contribution in [0.25, 0.3) is 0 Å². The number of carbonyl (C=O) groups is 2. The maximum atomic E-state index is 13.8. The molecule has 1 heterocycles. The SMILES string of the molecule is O=C(NC1CCN(C(=O)c2cc(F)c(F)c(F)c2F)CC1)c1ccccc1. The minimum atomic E-state index is -2.01. The van der Waals surface area contributed by atoms with Gasteiger partial charge in [0.25, 0.3) is 11.8 Å². The molecule has 3 rings (SSSR count). The van der Waals surface area contributed by atoms with Crippen molar-refractivity contribution in [3.63, 3.8) is 0 Å². The first kappa shape index (κ1) is 18.9. The molecule has 1 saturated heterocycles. The first-order valence-electron chi connectivity index (χ1n) is 8.36. The number of halogens is 4. The van der Waals surface area contributed by atoms with Crippen LogP contribution in [0.4, 0.5) is 17.6 Å². The molecule has 0 unspecified atom stereocenters. The number of likely N-dealkylation sites (tertiary alicyclic amines) is 1. The predicted octanol–water partition coefficient (Wildman–Crippen LogP) is 3.28. The molecule has 1 aliphatic rings. The second-order valence-corrected chi connectivity index (χ2v) is 6.25. The summed E-state index contributed by atoms with van der Waals surface area (Å²) in [5.74, 6) is -8.46. The van der Waals surface area contributed by atoms with E-state index in [0.29, 0.717) is 24.5 Å². The molecule has 0 radical (unpaired) electrons. The Morgan fingerprint density at radius 2 is 1.56 bits per heavy atom. The molecule has 2 amide bonds. The number of hydrogen-bond acceptors (Lipinski definition) is 2. The molecule has 0 atom stereocenters. The lowest BCUT2D eigenvalue weighted by Crippen LogP contribution is -2.46. The van der Waals surface area contributed by atoms with E-state index >= 15 is 0 Å². The van der Waals surface area contributed by atoms with Crippen LogP contribution in [0.15, 0.2) is 36.4 Å². The predicted molar refractivity (Wildman–Crippen MR) is 89.1 cm³/mol. The van der Waals surface area contributed by atoms with Crippen molar-refractivity contribution >= 4 is 11.8 Å². The lowest BCUT2D eigenvalue weighted by molar-refractivity contribution is 0.0691. The number of hydrogen-bond donors (Lipinski definition) is 1. The van der Waals surface area contributed by atoms with E-state index < -0.39 is 34.7 Å². The van der Waals surface area contributed by atoms with Crippen molar-refractivity contribution in [2.75, 3.05) is 13.1 Å². The molecular weight excluding hydrogens is 364 g/mol. The largest absolute Gasteiger partial charge is 0.349 e. The van der Waals surface area contributed by atoms with E-state index in [-0.39, 0.29) is 25.0 Å². The van der Waals surface area contributed by atoms with Gasteiger partial charge >= 0.3 is 0 Å². The molecule has 0 saturated carbocycles. The number of rotatable bonds is 3. The quantitative estimate of drug-likeness (QED) is 0.505. The summed E-state index contributed by atoms with van der Waals surface area (Å²) in [6, 6.07) is 8.80. The Morgan fingerprint density at radius 1 is 0.926 bits per heavy atom. The van der Waals surface area contributed by atoms with E-state index in [0.717, 1.165) is 0 Å². The van der Waals surface area contributed by atoms with Gasteiger partial charge in [0, 0.05) is 24.7 Å². The molecule has 0 spiro atoms. The molecule has 142 valence electrons. The van der Waals surface area contributed by atoms with Crippen molar-refractivity contribution in [2.24, 2.45) is 0 Å². The van der Waals surface area contributed by atoms with Crippen molar-refractivity contribution in [2.45, 2.75) is 18.9 Å². The molecule has 8 heteroatoms. The number of piperidine rings is 1. The summed E-state index contributed by atoms with van der Waals surface area (Å²) in [5, 5.41) is 2.85. The monoisotopic (exact) mass is 380 g/mol. The Labute approximate surface area is 152 Å². The van der Waals surface area contributed by atoms with E-state index in [4.69, 9.17) is 0 Å². The van der Waals surface area contributed by atoms with Gasteiger partial charge in [-0.15, -0.1) is 0 Å². The van der Waals surface area contributed by atoms with E-state index in [1.807, 2.05) is 0 Å². The van der Waals surface area contributed by atoms with Gasteiger partial charge in [-0.3, -0.25) is 9.59 Å². The van der Waals surface area contributed by atoms with Crippen LogP contribution in [0, 0.1) is 23.3 Å². The van der Waals surface area contributed by atoms with Gasteiger partial charge in [-0.25, -0.2) is 17.6 Å². The summed E-state index contributed by atoms with van der Waals surface area (Å²) >= 11 is 0. The highest BCUT2D eigenvalue weighted by atomic mass is 19.2. The molecule has 1 aliphatic heterocycles. The summed E-state index contributed by atoms with van der Waals surface area (Å²) in [5.41, 5.74) is -0.339. The topological polar surface area (TPSA) is 49.4 Å². The number of nitrogens with zero attached hydrogens (tertiary/aromatic N) is 1. The van der Waals surface area contributed by atoms with Crippen molar-refractivity contribution < 1.29 is 27.2 Å². The number of carbonyl (C=O) groups excluding carboxylic acids is 2. The van der Waals surface area contributed by atoms with Gasteiger partial charge < -0.3 is 10.2 Å². The summed E-state index contributed by atoms with van der Waals surface area (Å²) in [7, 11) is 0. The zero-order chi connectivity index (χ0) is 19.6. The van der Waals surface area contributed by atoms with Crippen LogP contribution in [-0.2, 0) is 0 Å². The third-order valence-electron chi connectivity index (χ3n) is 4.49. The highest BCUT2D eigenvalue weighted by molar-refractivity contribution is 5.95. The molecule has 0 aromatic heterocycles. The first-order valence-corrected chi connectivity index (χ1v) is 8.36. The number of amides is 2. The number of benzene rings is 2. The van der Waals surface area contributed by atoms with E-state index in [9.17, 15) is 27.2 Å². The van der Waals surface area contributed by atoms with Crippen molar-refractivity contribution in [3.05, 3.63) is 70.8 Å². The molecule has 1 N–H and O–H groups in total. The Hall–Kier alpha value is -2.90. The average Bonchev–Trinajstić information content (AvgIpc) is 2.70. The Kier molecular flexibility index (Phi) is 5.43. The molecule has 0 bridgehead atoms. The molecule has 2 aromatic carbocycles. The van der Waals surface area contributed by atoms with Gasteiger partial charge in [0.2, 0.25) is 0 Å². The minimum Gasteiger partial charge on any atom is -0.349 e. The molecule has 4 nitrogen and oxygen atoms in total. The second kappa shape index (κ2) is 7.77. The normalized spacial score (nSPS) is 14.9. The van der Waals surface area contributed by atoms with Gasteiger partial charge in [0.15, 0.2) is 23.3 Å². The Bertz CT molecular complexity index is 866. The lowest BCUT2D eigenvalue weighted by Gasteiger charge is -2.32. The van der Waals surface area contributed by atoms with Crippen LogP contribution in [0.3, 0.4) is 0 Å². The third kappa shape index (κ3) is 3.94. The van der Waals surface area contributed by atoms with Gasteiger partial charge in [-0.2, -0.15) is 0 Å². The van der Waals surface area contributed by atoms with E-state index in [1.165, 1.54) is 4.90 Å². The zero-order valence-corrected chi connectivity index (χ0v) is 14.1. The van der Waals surface area contributed by atoms with Gasteiger partial charge in [0.05, 0.1) is 5.56 Å². The fourth-order valence-electron chi connectivity index (χ4n) is 2.98. The van der Waals surface area contributed by atoms with Gasteiger partial charge in [-0.1, -0.05) is 18.2 Å². The Morgan fingerprint density at radius 3 is 2.19 bits per heavy atom. The lowest BCUT2D eigenvalue weighted by atomic mass is 10.0. The van der Waals surface area contributed by atoms with Crippen LogP contribution in [0.2, 0.25) is 0 Å². The van der Waals surface area contributed by atoms with Crippen LogP contribution in [-0.4, -0.2) is 35.8 Å². The average molecular weight is 380 g/mol. The maximum Gasteiger partial charge on any atom is 0.257 e. The fourth-order valence-corrected chi connectivity index (χ4v) is 2.98. The van der Waals surface area contributed by atoms with E-state index in [2.05, 4.69) is 5.32 Å². The molecule has 2 aromatic rings. The maximum absolute atomic E-state index is 13.8. The molecular formula is C19H16F4N2O2. The van der Waals surface area contributed by atoms with Gasteiger partial charge in [-0.05, 0) is 31.0 Å². The fraction of sp³-hybridized carbons (Fsp3) is 0.263. The van der Waals surface area contributed by atoms with Crippen molar-refractivity contribution in [1.82, 2.24) is 10.2 Å². The van der Waals surface area contributed by atoms with Crippen LogP contribution in [0.1, 0.15) is 33.6 Å². The highest BCUT2D eigenvalue weighted by Gasteiger charge is 2.29. The standard InChI is InChI=1S/C19H16F4N2O2/c20-14-10-13(15(21)17(23)16(14)22)19(27)25-8-6-12(7-9-25)24-18(26)11-4-2-1-3-5-11/h1-5,10,12H,6-9H2,(H,24,26). The van der Waals surface area contributed by atoms with Crippen LogP contribution < -0.4 is 5.32 Å². The highest BCUT2D eigenvalue weighted by Crippen LogP contribution is 2.22. The van der Waals surface area contributed by atoms with Crippen molar-refractivity contribution in [3.8, 4) is 0 Å². The molecule has 27 heavy (non-hydrogen) atoms. The van der Waals surface area contributed by atoms with Crippen molar-refractivity contribution in [1.29, 1.82) is 0 Å². The zero-order valence-electron chi connectivity index (χ0n) is 14.1. The minimum absolute atomic E-state index is 0.165. The van der Waals surface area contributed by atoms with E-state index in [1.54, 1.807) is 30.3 Å². The smallest absolute Gasteiger partial charge is 0.257 e. The summed E-state index contributed by atoms with van der Waals surface area (Å²) in [6.07, 6.45) is 0.802. The summed E-state index contributed by atoms with van der Waals surface area (Å²) < 4.78 is 53.5. The third-order valence-corrected chi connectivity index (χ3v) is 4.49.